The van der Waals surface area contributed by atoms with Gasteiger partial charge >= 0.3 is 0 Å². The summed E-state index contributed by atoms with van der Waals surface area (Å²) < 4.78 is 13.3. The van der Waals surface area contributed by atoms with E-state index in [-0.39, 0.29) is 11.9 Å². The molecule has 1 unspecified atom stereocenters. The van der Waals surface area contributed by atoms with Gasteiger partial charge in [-0.05, 0) is 32.0 Å². The van der Waals surface area contributed by atoms with Crippen LogP contribution in [0.1, 0.15) is 18.9 Å². The Morgan fingerprint density at radius 1 is 1.53 bits per heavy atom. The SMILES string of the molecule is CC(CCN)NCc1c(F)cccc1Cl. The fourth-order valence-electron chi connectivity index (χ4n) is 1.33. The molecule has 1 aromatic rings. The highest BCUT2D eigenvalue weighted by atomic mass is 35.5. The van der Waals surface area contributed by atoms with Crippen LogP contribution in [0.25, 0.3) is 0 Å². The predicted molar refractivity (Wildman–Crippen MR) is 61.4 cm³/mol. The molecule has 0 aliphatic carbocycles. The lowest BCUT2D eigenvalue weighted by Crippen LogP contribution is -2.28. The van der Waals surface area contributed by atoms with E-state index >= 15 is 0 Å². The molecule has 15 heavy (non-hydrogen) atoms. The Hall–Kier alpha value is -0.640. The summed E-state index contributed by atoms with van der Waals surface area (Å²) in [5.74, 6) is -0.269. The lowest BCUT2D eigenvalue weighted by atomic mass is 10.2. The molecule has 0 saturated heterocycles. The Labute approximate surface area is 94.6 Å². The van der Waals surface area contributed by atoms with Crippen LogP contribution in [-0.2, 0) is 6.54 Å². The summed E-state index contributed by atoms with van der Waals surface area (Å²) in [5, 5.41) is 3.64. The molecule has 0 saturated carbocycles. The lowest BCUT2D eigenvalue weighted by molar-refractivity contribution is 0.506. The fourth-order valence-corrected chi connectivity index (χ4v) is 1.56. The first-order valence-corrected chi connectivity index (χ1v) is 5.39. The third kappa shape index (κ3) is 3.78. The monoisotopic (exact) mass is 230 g/mol. The minimum Gasteiger partial charge on any atom is -0.330 e. The number of rotatable bonds is 5. The van der Waals surface area contributed by atoms with Crippen LogP contribution in [0.15, 0.2) is 18.2 Å². The number of nitrogens with two attached hydrogens (primary N) is 1. The van der Waals surface area contributed by atoms with Crippen LogP contribution in [0.3, 0.4) is 0 Å². The Bertz CT molecular complexity index is 297. The van der Waals surface area contributed by atoms with Crippen molar-refractivity contribution in [3.8, 4) is 0 Å². The highest BCUT2D eigenvalue weighted by Gasteiger charge is 2.07. The quantitative estimate of drug-likeness (QED) is 0.815. The van der Waals surface area contributed by atoms with Crippen molar-refractivity contribution in [3.05, 3.63) is 34.6 Å². The smallest absolute Gasteiger partial charge is 0.129 e. The predicted octanol–water partition coefficient (Wildman–Crippen LogP) is 2.31. The molecule has 0 heterocycles. The molecule has 1 atom stereocenters. The van der Waals surface area contributed by atoms with Crippen LogP contribution in [0.5, 0.6) is 0 Å². The van der Waals surface area contributed by atoms with Gasteiger partial charge in [-0.15, -0.1) is 0 Å². The van der Waals surface area contributed by atoms with Crippen LogP contribution in [0.2, 0.25) is 5.02 Å². The van der Waals surface area contributed by atoms with Gasteiger partial charge in [0.05, 0.1) is 0 Å². The molecular formula is C11H16ClFN2. The summed E-state index contributed by atoms with van der Waals surface area (Å²) in [6.07, 6.45) is 0.867. The van der Waals surface area contributed by atoms with E-state index < -0.39 is 0 Å². The summed E-state index contributed by atoms with van der Waals surface area (Å²) in [7, 11) is 0. The first-order valence-electron chi connectivity index (χ1n) is 5.01. The minimum atomic E-state index is -0.269. The molecule has 4 heteroatoms. The van der Waals surface area contributed by atoms with Crippen molar-refractivity contribution in [3.63, 3.8) is 0 Å². The standard InChI is InChI=1S/C11H16ClFN2/c1-8(5-6-14)15-7-9-10(12)3-2-4-11(9)13/h2-4,8,15H,5-7,14H2,1H3. The van der Waals surface area contributed by atoms with Crippen LogP contribution in [-0.4, -0.2) is 12.6 Å². The van der Waals surface area contributed by atoms with Gasteiger partial charge in [0.25, 0.3) is 0 Å². The number of hydrogen-bond acceptors (Lipinski definition) is 2. The second kappa shape index (κ2) is 6.05. The second-order valence-corrected chi connectivity index (χ2v) is 3.97. The first kappa shape index (κ1) is 12.4. The minimum absolute atomic E-state index is 0.269. The summed E-state index contributed by atoms with van der Waals surface area (Å²) in [6, 6.07) is 4.97. The molecule has 0 spiro atoms. The number of hydrogen-bond donors (Lipinski definition) is 2. The van der Waals surface area contributed by atoms with E-state index in [0.717, 1.165) is 6.42 Å². The fraction of sp³-hybridized carbons (Fsp3) is 0.455. The van der Waals surface area contributed by atoms with Crippen molar-refractivity contribution < 1.29 is 4.39 Å². The van der Waals surface area contributed by atoms with Crippen LogP contribution >= 0.6 is 11.6 Å². The third-order valence-electron chi connectivity index (χ3n) is 2.29. The van der Waals surface area contributed by atoms with Crippen molar-refractivity contribution >= 4 is 11.6 Å². The zero-order valence-corrected chi connectivity index (χ0v) is 9.52. The molecule has 2 nitrogen and oxygen atoms in total. The average molecular weight is 231 g/mol. The van der Waals surface area contributed by atoms with Gasteiger partial charge in [-0.1, -0.05) is 17.7 Å². The van der Waals surface area contributed by atoms with E-state index in [1.807, 2.05) is 6.92 Å². The highest BCUT2D eigenvalue weighted by Crippen LogP contribution is 2.18. The van der Waals surface area contributed by atoms with E-state index in [1.165, 1.54) is 6.07 Å². The van der Waals surface area contributed by atoms with Gasteiger partial charge in [-0.3, -0.25) is 0 Å². The molecule has 0 aliphatic heterocycles. The summed E-state index contributed by atoms with van der Waals surface area (Å²) >= 11 is 5.89. The van der Waals surface area contributed by atoms with Crippen molar-refractivity contribution in [2.24, 2.45) is 5.73 Å². The maximum Gasteiger partial charge on any atom is 0.129 e. The Kier molecular flexibility index (Phi) is 5.02. The topological polar surface area (TPSA) is 38.0 Å². The summed E-state index contributed by atoms with van der Waals surface area (Å²) in [6.45, 7) is 3.08. The van der Waals surface area contributed by atoms with Gasteiger partial charge in [-0.25, -0.2) is 4.39 Å². The molecule has 0 aliphatic rings. The summed E-state index contributed by atoms with van der Waals surface area (Å²) in [4.78, 5) is 0. The van der Waals surface area contributed by atoms with Gasteiger partial charge in [0, 0.05) is 23.2 Å². The third-order valence-corrected chi connectivity index (χ3v) is 2.64. The maximum absolute atomic E-state index is 13.3. The molecule has 84 valence electrons. The Balaban J connectivity index is 2.57. The number of benzene rings is 1. The normalized spacial score (nSPS) is 12.8. The van der Waals surface area contributed by atoms with Crippen LogP contribution < -0.4 is 11.1 Å². The van der Waals surface area contributed by atoms with Crippen molar-refractivity contribution in [1.82, 2.24) is 5.32 Å². The average Bonchev–Trinajstić information content (AvgIpc) is 2.17. The van der Waals surface area contributed by atoms with E-state index in [0.29, 0.717) is 23.7 Å². The van der Waals surface area contributed by atoms with Gasteiger partial charge in [0.15, 0.2) is 0 Å². The molecule has 0 radical (unpaired) electrons. The van der Waals surface area contributed by atoms with E-state index in [1.54, 1.807) is 12.1 Å². The van der Waals surface area contributed by atoms with Crippen molar-refractivity contribution in [1.29, 1.82) is 0 Å². The number of nitrogens with one attached hydrogen (secondary N) is 1. The van der Waals surface area contributed by atoms with Crippen molar-refractivity contribution in [2.45, 2.75) is 25.9 Å². The summed E-state index contributed by atoms with van der Waals surface area (Å²) in [5.41, 5.74) is 5.93. The van der Waals surface area contributed by atoms with E-state index in [9.17, 15) is 4.39 Å². The zero-order valence-electron chi connectivity index (χ0n) is 8.76. The van der Waals surface area contributed by atoms with E-state index in [4.69, 9.17) is 17.3 Å². The maximum atomic E-state index is 13.3. The largest absolute Gasteiger partial charge is 0.330 e. The molecule has 1 rings (SSSR count). The first-order chi connectivity index (χ1) is 7.15. The molecule has 1 aromatic carbocycles. The zero-order chi connectivity index (χ0) is 11.3. The highest BCUT2D eigenvalue weighted by molar-refractivity contribution is 6.31. The van der Waals surface area contributed by atoms with Gasteiger partial charge < -0.3 is 11.1 Å². The van der Waals surface area contributed by atoms with Crippen LogP contribution in [0.4, 0.5) is 4.39 Å². The van der Waals surface area contributed by atoms with Gasteiger partial charge in [-0.2, -0.15) is 0 Å². The molecule has 0 bridgehead atoms. The molecule has 0 amide bonds. The van der Waals surface area contributed by atoms with Gasteiger partial charge in [0.2, 0.25) is 0 Å². The Morgan fingerprint density at radius 2 is 2.27 bits per heavy atom. The molecule has 0 fully saturated rings. The molecule has 3 N–H and O–H groups in total. The lowest BCUT2D eigenvalue weighted by Gasteiger charge is -2.13. The second-order valence-electron chi connectivity index (χ2n) is 3.56. The molecule has 0 aromatic heterocycles. The van der Waals surface area contributed by atoms with Crippen molar-refractivity contribution in [2.75, 3.05) is 6.54 Å². The number of halogens is 2. The van der Waals surface area contributed by atoms with E-state index in [2.05, 4.69) is 5.32 Å². The van der Waals surface area contributed by atoms with Gasteiger partial charge in [0.1, 0.15) is 5.82 Å². The molecular weight excluding hydrogens is 215 g/mol. The van der Waals surface area contributed by atoms with Crippen LogP contribution in [0, 0.1) is 5.82 Å². The Morgan fingerprint density at radius 3 is 2.87 bits per heavy atom.